The van der Waals surface area contributed by atoms with Crippen LogP contribution in [-0.2, 0) is 10.1 Å². The summed E-state index contributed by atoms with van der Waals surface area (Å²) in [6.07, 6.45) is 0. The van der Waals surface area contributed by atoms with E-state index in [1.165, 1.54) is 12.1 Å². The van der Waals surface area contributed by atoms with Crippen molar-refractivity contribution in [2.75, 3.05) is 0 Å². The number of ether oxygens (including phenoxy) is 1. The fourth-order valence-electron chi connectivity index (χ4n) is 2.85. The van der Waals surface area contributed by atoms with Crippen molar-refractivity contribution in [3.05, 3.63) is 84.9 Å². The first-order valence-corrected chi connectivity index (χ1v) is 9.57. The summed E-state index contributed by atoms with van der Waals surface area (Å²) in [5.41, 5.74) is 0. The summed E-state index contributed by atoms with van der Waals surface area (Å²) < 4.78 is 35.0. The minimum Gasteiger partial charge on any atom is -1.00 e. The Balaban J connectivity index is 0.00000150. The van der Waals surface area contributed by atoms with Gasteiger partial charge in [0.2, 0.25) is 0 Å². The molecule has 0 spiro atoms. The fraction of sp³-hybridized carbons (Fsp3) is 0. The summed E-state index contributed by atoms with van der Waals surface area (Å²) in [6, 6.07) is 24.4. The summed E-state index contributed by atoms with van der Waals surface area (Å²) >= 11 is 0. The normalized spacial score (nSPS) is 11.0. The second-order valence-electron chi connectivity index (χ2n) is 5.84. The van der Waals surface area contributed by atoms with E-state index in [0.717, 1.165) is 10.8 Å². The number of fused-ring (bicyclic) bond motifs is 2. The molecule has 4 aromatic carbocycles. The van der Waals surface area contributed by atoms with Gasteiger partial charge in [-0.2, -0.15) is 8.42 Å². The van der Waals surface area contributed by atoms with Gasteiger partial charge >= 0.3 is 45.0 Å². The Bertz CT molecular complexity index is 1260. The van der Waals surface area contributed by atoms with Crippen molar-refractivity contribution in [3.63, 3.8) is 0 Å². The van der Waals surface area contributed by atoms with Gasteiger partial charge in [-0.3, -0.25) is 0 Å². The van der Waals surface area contributed by atoms with Crippen molar-refractivity contribution in [2.45, 2.75) is 0 Å². The van der Waals surface area contributed by atoms with E-state index >= 15 is 0 Å². The number of carbonyl (C=O) groups excluding carboxylic acids is 1. The third-order valence-corrected chi connectivity index (χ3v) is 4.99. The molecule has 0 aliphatic heterocycles. The molecule has 28 heavy (non-hydrogen) atoms. The van der Waals surface area contributed by atoms with Crippen LogP contribution in [0.2, 0.25) is 0 Å². The molecule has 0 unspecified atom stereocenters. The van der Waals surface area contributed by atoms with Crippen molar-refractivity contribution in [3.8, 4) is 11.5 Å². The van der Waals surface area contributed by atoms with Crippen molar-refractivity contribution in [1.82, 2.24) is 0 Å². The smallest absolute Gasteiger partial charge is 1.00 e. The largest absolute Gasteiger partial charge is 1.00 e. The van der Waals surface area contributed by atoms with E-state index in [-0.39, 0.29) is 42.5 Å². The molecule has 0 heterocycles. The maximum atomic E-state index is 12.4. The minimum absolute atomic E-state index is 0. The Kier molecular flexibility index (Phi) is 6.05. The van der Waals surface area contributed by atoms with Crippen LogP contribution in [0, 0.1) is 0 Å². The molecule has 0 amide bonds. The Morgan fingerprint density at radius 1 is 0.679 bits per heavy atom. The van der Waals surface area contributed by atoms with Crippen LogP contribution in [0.15, 0.2) is 84.9 Å². The van der Waals surface area contributed by atoms with Crippen molar-refractivity contribution in [2.24, 2.45) is 0 Å². The summed E-state index contributed by atoms with van der Waals surface area (Å²) in [6.45, 7) is 0. The molecule has 0 bridgehead atoms. The summed E-state index contributed by atoms with van der Waals surface area (Å²) in [7, 11) is -4.63. The zero-order valence-electron chi connectivity index (χ0n) is 16.0. The SMILES string of the molecule is O=C(Oc1cccc2ccccc12)S(=O)(=O)Oc1cccc2ccccc12.[H-].[Na+]. The summed E-state index contributed by atoms with van der Waals surface area (Å²) in [5, 5.41) is 1.38. The molecule has 0 saturated heterocycles. The van der Waals surface area contributed by atoms with Gasteiger partial charge in [0.05, 0.1) is 0 Å². The molecule has 5 nitrogen and oxygen atoms in total. The second-order valence-corrected chi connectivity index (χ2v) is 7.25. The minimum atomic E-state index is -4.63. The maximum Gasteiger partial charge on any atom is 1.00 e. The zero-order valence-corrected chi connectivity index (χ0v) is 17.8. The van der Waals surface area contributed by atoms with Gasteiger partial charge in [-0.15, -0.1) is 0 Å². The first kappa shape index (κ1) is 20.4. The van der Waals surface area contributed by atoms with Crippen LogP contribution in [-0.4, -0.2) is 13.7 Å². The van der Waals surface area contributed by atoms with Gasteiger partial charge in [-0.1, -0.05) is 72.8 Å². The van der Waals surface area contributed by atoms with Gasteiger partial charge in [-0.25, -0.2) is 4.79 Å². The predicted molar refractivity (Wildman–Crippen MR) is 105 cm³/mol. The number of benzene rings is 4. The number of hydrogen-bond acceptors (Lipinski definition) is 5. The average molecular weight is 402 g/mol. The Morgan fingerprint density at radius 2 is 1.14 bits per heavy atom. The molecule has 136 valence electrons. The molecule has 0 atom stereocenters. The van der Waals surface area contributed by atoms with Crippen molar-refractivity contribution in [1.29, 1.82) is 0 Å². The van der Waals surface area contributed by atoms with Crippen molar-refractivity contribution >= 4 is 37.0 Å². The van der Waals surface area contributed by atoms with Crippen LogP contribution in [0.4, 0.5) is 4.79 Å². The van der Waals surface area contributed by atoms with Crippen LogP contribution in [0.1, 0.15) is 1.43 Å². The summed E-state index contributed by atoms with van der Waals surface area (Å²) in [4.78, 5) is 12.3. The Hall–Kier alpha value is -2.38. The molecular formula is C21H15NaO5S. The Morgan fingerprint density at radius 3 is 1.75 bits per heavy atom. The summed E-state index contributed by atoms with van der Waals surface area (Å²) in [5.74, 6) is 0.228. The number of hydrogen-bond donors (Lipinski definition) is 0. The van der Waals surface area contributed by atoms with Crippen LogP contribution >= 0.6 is 0 Å². The number of carbonyl (C=O) groups is 1. The van der Waals surface area contributed by atoms with Gasteiger partial charge < -0.3 is 10.3 Å². The fourth-order valence-corrected chi connectivity index (χ4v) is 3.49. The van der Waals surface area contributed by atoms with E-state index in [1.54, 1.807) is 36.4 Å². The third-order valence-electron chi connectivity index (χ3n) is 4.10. The molecule has 0 N–H and O–H groups in total. The van der Waals surface area contributed by atoms with Gasteiger partial charge in [0.25, 0.3) is 0 Å². The van der Waals surface area contributed by atoms with Gasteiger partial charge in [0.15, 0.2) is 5.75 Å². The van der Waals surface area contributed by atoms with Crippen LogP contribution in [0.5, 0.6) is 11.5 Å². The standard InChI is InChI=1S/C21H14O5S.Na.H/c22-21(25-19-13-5-9-15-7-1-3-11-17(15)19)27(23,24)26-20-14-6-10-16-8-2-4-12-18(16)20;;/h1-14H;;/q;+1;-1. The molecule has 7 heteroatoms. The Labute approximate surface area is 185 Å². The van der Waals surface area contributed by atoms with Crippen LogP contribution in [0.3, 0.4) is 0 Å². The van der Waals surface area contributed by atoms with E-state index in [2.05, 4.69) is 0 Å². The third kappa shape index (κ3) is 4.05. The maximum absolute atomic E-state index is 12.4. The average Bonchev–Trinajstić information content (AvgIpc) is 2.68. The molecule has 4 rings (SSSR count). The zero-order chi connectivity index (χ0) is 18.9. The van der Waals surface area contributed by atoms with E-state index < -0.39 is 15.4 Å². The predicted octanol–water partition coefficient (Wildman–Crippen LogP) is 2.02. The topological polar surface area (TPSA) is 69.7 Å². The molecule has 4 aromatic rings. The van der Waals surface area contributed by atoms with E-state index in [4.69, 9.17) is 8.92 Å². The molecule has 0 radical (unpaired) electrons. The first-order chi connectivity index (χ1) is 13.0. The van der Waals surface area contributed by atoms with Crippen molar-refractivity contribution < 1.29 is 53.1 Å². The van der Waals surface area contributed by atoms with Crippen LogP contribution in [0.25, 0.3) is 21.5 Å². The molecule has 0 aliphatic carbocycles. The van der Waals surface area contributed by atoms with Gasteiger partial charge in [0.1, 0.15) is 5.75 Å². The van der Waals surface area contributed by atoms with Gasteiger partial charge in [0, 0.05) is 10.8 Å². The molecular weight excluding hydrogens is 387 g/mol. The van der Waals surface area contributed by atoms with Gasteiger partial charge in [-0.05, 0) is 22.9 Å². The van der Waals surface area contributed by atoms with Crippen LogP contribution < -0.4 is 38.5 Å². The molecule has 0 aliphatic rings. The monoisotopic (exact) mass is 402 g/mol. The quantitative estimate of drug-likeness (QED) is 0.298. The number of rotatable bonds is 3. The molecule has 0 fully saturated rings. The molecule has 0 saturated carbocycles. The van der Waals surface area contributed by atoms with E-state index in [1.807, 2.05) is 36.4 Å². The van der Waals surface area contributed by atoms with E-state index in [0.29, 0.717) is 10.8 Å². The second kappa shape index (κ2) is 8.32. The molecule has 0 aromatic heterocycles. The van der Waals surface area contributed by atoms with E-state index in [9.17, 15) is 13.2 Å². The first-order valence-electron chi connectivity index (χ1n) is 8.16.